The van der Waals surface area contributed by atoms with Crippen molar-refractivity contribution in [2.75, 3.05) is 20.3 Å². The van der Waals surface area contributed by atoms with Gasteiger partial charge in [0.1, 0.15) is 6.61 Å². The monoisotopic (exact) mass is 402 g/mol. The molecule has 0 aromatic heterocycles. The first-order chi connectivity index (χ1) is 14.1. The van der Waals surface area contributed by atoms with Crippen molar-refractivity contribution in [2.24, 2.45) is 17.3 Å². The van der Waals surface area contributed by atoms with Gasteiger partial charge in [-0.25, -0.2) is 0 Å². The Balaban J connectivity index is 1.72. The first-order valence-corrected chi connectivity index (χ1v) is 12.4. The smallest absolute Gasteiger partial charge is 0.337 e. The zero-order valence-electron chi connectivity index (χ0n) is 17.7. The van der Waals surface area contributed by atoms with E-state index in [-0.39, 0.29) is 0 Å². The van der Waals surface area contributed by atoms with E-state index in [9.17, 15) is 0 Å². The van der Waals surface area contributed by atoms with Crippen molar-refractivity contribution >= 4 is 18.7 Å². The summed E-state index contributed by atoms with van der Waals surface area (Å²) in [5.41, 5.74) is 5.44. The highest BCUT2D eigenvalue weighted by atomic mass is 28.4. The fraction of sp³-hybridized carbons (Fsp3) is 0.385. The molecule has 0 heterocycles. The molecule has 2 aromatic carbocycles. The fourth-order valence-corrected chi connectivity index (χ4v) is 7.98. The van der Waals surface area contributed by atoms with E-state index in [0.29, 0.717) is 24.5 Å². The first-order valence-electron chi connectivity index (χ1n) is 10.5. The second-order valence-corrected chi connectivity index (χ2v) is 11.8. The van der Waals surface area contributed by atoms with Crippen molar-refractivity contribution in [2.45, 2.75) is 26.7 Å². The standard InChI is InChI=1S/C26H30O2Si/c1-26(2)22-16-15-21(25(26)19-22)20-28-29(18-10-17-27-3,23-11-6-4-7-12-23)24-13-8-5-9-14-24/h4-9,11-15,22,25H,16-17,19-20H2,1-3H3/t22-,25-/m0/s1. The molecule has 0 unspecified atom stereocenters. The zero-order valence-corrected chi connectivity index (χ0v) is 18.7. The molecule has 29 heavy (non-hydrogen) atoms. The lowest BCUT2D eigenvalue weighted by Crippen LogP contribution is -2.61. The number of ether oxygens (including phenoxy) is 1. The lowest BCUT2D eigenvalue weighted by Gasteiger charge is -2.56. The maximum Gasteiger partial charge on any atom is 0.337 e. The van der Waals surface area contributed by atoms with E-state index in [1.54, 1.807) is 7.11 Å². The predicted molar refractivity (Wildman–Crippen MR) is 122 cm³/mol. The topological polar surface area (TPSA) is 18.5 Å². The van der Waals surface area contributed by atoms with E-state index in [1.807, 2.05) is 0 Å². The third kappa shape index (κ3) is 3.73. The minimum absolute atomic E-state index is 0.402. The molecule has 1 fully saturated rings. The number of fused-ring (bicyclic) bond motifs is 1. The van der Waals surface area contributed by atoms with Gasteiger partial charge in [0.2, 0.25) is 0 Å². The molecule has 0 saturated heterocycles. The molecular weight excluding hydrogens is 372 g/mol. The molecule has 1 saturated carbocycles. The second-order valence-electron chi connectivity index (χ2n) is 8.76. The quantitative estimate of drug-likeness (QED) is 0.414. The average molecular weight is 403 g/mol. The van der Waals surface area contributed by atoms with Crippen molar-refractivity contribution in [1.82, 2.24) is 0 Å². The van der Waals surface area contributed by atoms with Gasteiger partial charge in [-0.1, -0.05) is 92.1 Å². The summed E-state index contributed by atoms with van der Waals surface area (Å²) in [6.45, 7) is 5.91. The second kappa shape index (κ2) is 8.32. The van der Waals surface area contributed by atoms with Gasteiger partial charge in [-0.2, -0.15) is 0 Å². The molecule has 5 rings (SSSR count). The van der Waals surface area contributed by atoms with Crippen LogP contribution in [0, 0.1) is 28.7 Å². The molecule has 0 N–H and O–H groups in total. The van der Waals surface area contributed by atoms with Crippen LogP contribution in [-0.4, -0.2) is 28.6 Å². The summed E-state index contributed by atoms with van der Waals surface area (Å²) in [4.78, 5) is 0. The Bertz CT molecular complexity index is 882. The molecule has 3 heteroatoms. The molecule has 2 nitrogen and oxygen atoms in total. The first kappa shape index (κ1) is 20.2. The average Bonchev–Trinajstić information content (AvgIpc) is 2.77. The van der Waals surface area contributed by atoms with Crippen molar-refractivity contribution in [3.63, 3.8) is 0 Å². The van der Waals surface area contributed by atoms with Crippen LogP contribution in [0.2, 0.25) is 0 Å². The summed E-state index contributed by atoms with van der Waals surface area (Å²) in [5.74, 6) is 4.72. The van der Waals surface area contributed by atoms with Gasteiger partial charge in [0, 0.05) is 7.11 Å². The van der Waals surface area contributed by atoms with E-state index in [2.05, 4.69) is 92.1 Å². The number of hydrogen-bond acceptors (Lipinski definition) is 2. The number of rotatable bonds is 6. The van der Waals surface area contributed by atoms with Crippen LogP contribution in [0.15, 0.2) is 72.3 Å². The van der Waals surface area contributed by atoms with Crippen LogP contribution in [0.4, 0.5) is 0 Å². The van der Waals surface area contributed by atoms with Gasteiger partial charge in [0.05, 0.1) is 6.61 Å². The normalized spacial score (nSPS) is 22.1. The van der Waals surface area contributed by atoms with Crippen LogP contribution < -0.4 is 10.4 Å². The molecule has 0 amide bonds. The Hall–Kier alpha value is -2.12. The minimum atomic E-state index is -2.71. The summed E-state index contributed by atoms with van der Waals surface area (Å²) in [7, 11) is -1.02. The molecule has 3 aliphatic carbocycles. The van der Waals surface area contributed by atoms with Crippen LogP contribution in [-0.2, 0) is 9.16 Å². The van der Waals surface area contributed by atoms with Crippen molar-refractivity contribution < 1.29 is 9.16 Å². The molecule has 2 atom stereocenters. The van der Waals surface area contributed by atoms with Gasteiger partial charge < -0.3 is 9.16 Å². The highest BCUT2D eigenvalue weighted by Gasteiger charge is 2.51. The lowest BCUT2D eigenvalue weighted by atomic mass is 9.49. The SMILES string of the molecule is COCC#C[Si](OCC1=CC[C@H]2C[C@@H]1C2(C)C)(c1ccccc1)c1ccccc1. The van der Waals surface area contributed by atoms with Crippen LogP contribution >= 0.6 is 0 Å². The molecule has 150 valence electrons. The van der Waals surface area contributed by atoms with Crippen molar-refractivity contribution in [3.05, 3.63) is 72.3 Å². The number of allylic oxidation sites excluding steroid dienone is 1. The van der Waals surface area contributed by atoms with Gasteiger partial charge >= 0.3 is 8.32 Å². The van der Waals surface area contributed by atoms with Crippen molar-refractivity contribution in [3.8, 4) is 11.5 Å². The molecular formula is C26H30O2Si. The summed E-state index contributed by atoms with van der Waals surface area (Å²) in [6.07, 6.45) is 4.92. The summed E-state index contributed by atoms with van der Waals surface area (Å²) in [5, 5.41) is 2.38. The minimum Gasteiger partial charge on any atom is -0.395 e. The van der Waals surface area contributed by atoms with E-state index >= 15 is 0 Å². The fourth-order valence-electron chi connectivity index (χ4n) is 4.92. The molecule has 2 bridgehead atoms. The Morgan fingerprint density at radius 1 is 1.00 bits per heavy atom. The number of methoxy groups -OCH3 is 1. The van der Waals surface area contributed by atoms with Crippen LogP contribution in [0.1, 0.15) is 26.7 Å². The highest BCUT2D eigenvalue weighted by Crippen LogP contribution is 2.59. The Labute approximate surface area is 176 Å². The van der Waals surface area contributed by atoms with E-state index < -0.39 is 8.32 Å². The van der Waals surface area contributed by atoms with E-state index in [1.165, 1.54) is 28.8 Å². The third-order valence-corrected chi connectivity index (χ3v) is 10.3. The molecule has 0 spiro atoms. The highest BCUT2D eigenvalue weighted by molar-refractivity contribution is 7.03. The van der Waals surface area contributed by atoms with E-state index in [0.717, 1.165) is 5.92 Å². The summed E-state index contributed by atoms with van der Waals surface area (Å²) >= 11 is 0. The van der Waals surface area contributed by atoms with Crippen LogP contribution in [0.5, 0.6) is 0 Å². The Morgan fingerprint density at radius 2 is 1.62 bits per heavy atom. The van der Waals surface area contributed by atoms with Gasteiger partial charge in [-0.3, -0.25) is 0 Å². The van der Waals surface area contributed by atoms with Crippen LogP contribution in [0.25, 0.3) is 0 Å². The number of hydrogen-bond donors (Lipinski definition) is 0. The predicted octanol–water partition coefficient (Wildman–Crippen LogP) is 3.94. The van der Waals surface area contributed by atoms with Crippen LogP contribution in [0.3, 0.4) is 0 Å². The lowest BCUT2D eigenvalue weighted by molar-refractivity contribution is -0.0116. The molecule has 3 aliphatic rings. The molecule has 2 aromatic rings. The van der Waals surface area contributed by atoms with Gasteiger partial charge in [-0.05, 0) is 46.0 Å². The third-order valence-electron chi connectivity index (χ3n) is 6.88. The summed E-state index contributed by atoms with van der Waals surface area (Å²) < 4.78 is 12.2. The van der Waals surface area contributed by atoms with Gasteiger partial charge in [0.25, 0.3) is 0 Å². The van der Waals surface area contributed by atoms with Gasteiger partial charge in [0.15, 0.2) is 0 Å². The Kier molecular flexibility index (Phi) is 5.78. The maximum absolute atomic E-state index is 6.92. The van der Waals surface area contributed by atoms with Gasteiger partial charge in [-0.15, -0.1) is 0 Å². The van der Waals surface area contributed by atoms with E-state index in [4.69, 9.17) is 9.16 Å². The summed E-state index contributed by atoms with van der Waals surface area (Å²) in [6, 6.07) is 21.1. The molecule has 0 radical (unpaired) electrons. The number of benzene rings is 2. The zero-order chi connectivity index (χ0) is 20.3. The van der Waals surface area contributed by atoms with Crippen molar-refractivity contribution in [1.29, 1.82) is 0 Å². The largest absolute Gasteiger partial charge is 0.395 e. The maximum atomic E-state index is 6.92. The molecule has 0 aliphatic heterocycles. The Morgan fingerprint density at radius 3 is 2.14 bits per heavy atom.